The molecule has 128 valence electrons. The minimum atomic E-state index is -0.413. The van der Waals surface area contributed by atoms with Crippen molar-refractivity contribution < 1.29 is 4.79 Å². The number of thioether (sulfide) groups is 1. The smallest absolute Gasteiger partial charge is 0.241 e. The highest BCUT2D eigenvalue weighted by Crippen LogP contribution is 2.45. The van der Waals surface area contributed by atoms with Crippen molar-refractivity contribution in [2.45, 2.75) is 24.0 Å². The molecule has 0 aromatic carbocycles. The third-order valence-electron chi connectivity index (χ3n) is 4.67. The number of hydrogen-bond donors (Lipinski definition) is 1. The number of likely N-dealkylation sites (tertiary alicyclic amines) is 1. The topological polar surface area (TPSA) is 80.8 Å². The SMILES string of the molecule is CSC1C(=O)N(C)C(=N)C[C@]1(C)c1cc(-c2cncc(C#N)c2)cs1. The Morgan fingerprint density at radius 3 is 2.88 bits per heavy atom. The van der Waals surface area contributed by atoms with Gasteiger partial charge in [-0.1, -0.05) is 6.92 Å². The molecule has 2 aromatic heterocycles. The third kappa shape index (κ3) is 2.96. The highest BCUT2D eigenvalue weighted by atomic mass is 32.2. The van der Waals surface area contributed by atoms with Crippen molar-refractivity contribution in [3.63, 3.8) is 0 Å². The first-order valence-electron chi connectivity index (χ1n) is 7.73. The maximum absolute atomic E-state index is 12.6. The Morgan fingerprint density at radius 2 is 2.20 bits per heavy atom. The Kier molecular flexibility index (Phi) is 4.67. The molecule has 2 aromatic rings. The standard InChI is InChI=1S/C18H18N4OS2/c1-18(6-15(20)22(2)17(23)16(18)24-3)14-5-13(10-25-14)12-4-11(7-19)8-21-9-12/h4-5,8-10,16,20H,6H2,1-3H3/t16?,18-/m1/s1. The van der Waals surface area contributed by atoms with Gasteiger partial charge in [-0.3, -0.25) is 15.2 Å². The maximum atomic E-state index is 12.6. The van der Waals surface area contributed by atoms with Gasteiger partial charge in [0.05, 0.1) is 10.8 Å². The lowest BCUT2D eigenvalue weighted by atomic mass is 9.77. The number of carbonyl (C=O) groups is 1. The van der Waals surface area contributed by atoms with E-state index in [4.69, 9.17) is 10.7 Å². The van der Waals surface area contributed by atoms with E-state index in [0.717, 1.165) is 16.0 Å². The molecule has 1 unspecified atom stereocenters. The van der Waals surface area contributed by atoms with Gasteiger partial charge in [0.1, 0.15) is 11.9 Å². The molecule has 0 bridgehead atoms. The van der Waals surface area contributed by atoms with Crippen molar-refractivity contribution in [2.24, 2.45) is 0 Å². The molecule has 0 saturated carbocycles. The number of pyridine rings is 1. The van der Waals surface area contributed by atoms with Gasteiger partial charge in [0.25, 0.3) is 0 Å². The normalized spacial score (nSPS) is 23.6. The van der Waals surface area contributed by atoms with Crippen LogP contribution in [-0.4, -0.2) is 40.2 Å². The predicted octanol–water partition coefficient (Wildman–Crippen LogP) is 3.51. The Morgan fingerprint density at radius 1 is 1.44 bits per heavy atom. The minimum Gasteiger partial charge on any atom is -0.303 e. The van der Waals surface area contributed by atoms with E-state index in [2.05, 4.69) is 24.0 Å². The van der Waals surface area contributed by atoms with Crippen LogP contribution in [0, 0.1) is 16.7 Å². The van der Waals surface area contributed by atoms with Crippen molar-refractivity contribution in [3.05, 3.63) is 40.3 Å². The molecule has 1 fully saturated rings. The van der Waals surface area contributed by atoms with E-state index >= 15 is 0 Å². The molecule has 1 aliphatic rings. The number of aromatic nitrogens is 1. The molecular weight excluding hydrogens is 352 g/mol. The van der Waals surface area contributed by atoms with E-state index in [0.29, 0.717) is 17.8 Å². The van der Waals surface area contributed by atoms with E-state index in [1.807, 2.05) is 17.7 Å². The Labute approximate surface area is 155 Å². The summed E-state index contributed by atoms with van der Waals surface area (Å²) in [5.74, 6) is 0.329. The lowest BCUT2D eigenvalue weighted by molar-refractivity contribution is -0.128. The van der Waals surface area contributed by atoms with Gasteiger partial charge in [0.15, 0.2) is 0 Å². The van der Waals surface area contributed by atoms with Crippen LogP contribution in [0.15, 0.2) is 29.9 Å². The fourth-order valence-corrected chi connectivity index (χ4v) is 5.44. The summed E-state index contributed by atoms with van der Waals surface area (Å²) in [7, 11) is 1.67. The van der Waals surface area contributed by atoms with Crippen LogP contribution < -0.4 is 0 Å². The molecule has 1 amide bonds. The predicted molar refractivity (Wildman–Crippen MR) is 102 cm³/mol. The second-order valence-electron chi connectivity index (χ2n) is 6.33. The number of nitrogens with zero attached hydrogens (tertiary/aromatic N) is 3. The van der Waals surface area contributed by atoms with Gasteiger partial charge in [0.2, 0.25) is 5.91 Å². The zero-order valence-electron chi connectivity index (χ0n) is 14.2. The number of amidine groups is 1. The van der Waals surface area contributed by atoms with Gasteiger partial charge in [-0.25, -0.2) is 0 Å². The summed E-state index contributed by atoms with van der Waals surface area (Å²) >= 11 is 3.13. The lowest BCUT2D eigenvalue weighted by Crippen LogP contribution is -2.55. The van der Waals surface area contributed by atoms with Crippen molar-refractivity contribution in [3.8, 4) is 17.2 Å². The number of nitrogens with one attached hydrogen (secondary N) is 1. The van der Waals surface area contributed by atoms with Gasteiger partial charge in [-0.15, -0.1) is 11.3 Å². The van der Waals surface area contributed by atoms with Crippen LogP contribution >= 0.6 is 23.1 Å². The van der Waals surface area contributed by atoms with Gasteiger partial charge < -0.3 is 4.90 Å². The molecule has 25 heavy (non-hydrogen) atoms. The van der Waals surface area contributed by atoms with Gasteiger partial charge in [-0.05, 0) is 29.3 Å². The van der Waals surface area contributed by atoms with Gasteiger partial charge in [0, 0.05) is 41.7 Å². The average molecular weight is 371 g/mol. The zero-order valence-corrected chi connectivity index (χ0v) is 15.9. The molecule has 3 heterocycles. The number of hydrogen-bond acceptors (Lipinski definition) is 6. The van der Waals surface area contributed by atoms with Gasteiger partial charge in [-0.2, -0.15) is 17.0 Å². The van der Waals surface area contributed by atoms with Crippen molar-refractivity contribution >= 4 is 34.8 Å². The Bertz CT molecular complexity index is 885. The van der Waals surface area contributed by atoms with E-state index in [1.165, 1.54) is 16.7 Å². The van der Waals surface area contributed by atoms with E-state index in [9.17, 15) is 4.79 Å². The average Bonchev–Trinajstić information content (AvgIpc) is 3.11. The van der Waals surface area contributed by atoms with Gasteiger partial charge >= 0.3 is 0 Å². The van der Waals surface area contributed by atoms with Crippen LogP contribution in [0.5, 0.6) is 0 Å². The lowest BCUT2D eigenvalue weighted by Gasteiger charge is -2.42. The van der Waals surface area contributed by atoms with Crippen LogP contribution in [-0.2, 0) is 10.2 Å². The highest BCUT2D eigenvalue weighted by Gasteiger charge is 2.48. The first kappa shape index (κ1) is 17.6. The maximum Gasteiger partial charge on any atom is 0.241 e. The quantitative estimate of drug-likeness (QED) is 0.896. The monoisotopic (exact) mass is 370 g/mol. The molecule has 1 aliphatic heterocycles. The van der Waals surface area contributed by atoms with Crippen LogP contribution in [0.2, 0.25) is 0 Å². The minimum absolute atomic E-state index is 0.0191. The second kappa shape index (κ2) is 6.62. The molecule has 7 heteroatoms. The summed E-state index contributed by atoms with van der Waals surface area (Å²) in [5.41, 5.74) is 1.99. The zero-order chi connectivity index (χ0) is 18.2. The first-order chi connectivity index (χ1) is 11.9. The summed E-state index contributed by atoms with van der Waals surface area (Å²) in [4.78, 5) is 19.3. The van der Waals surface area contributed by atoms with E-state index in [1.54, 1.807) is 30.8 Å². The summed E-state index contributed by atoms with van der Waals surface area (Å²) in [6.07, 6.45) is 5.75. The van der Waals surface area contributed by atoms with Crippen molar-refractivity contribution in [2.75, 3.05) is 13.3 Å². The largest absolute Gasteiger partial charge is 0.303 e. The van der Waals surface area contributed by atoms with Crippen molar-refractivity contribution in [1.29, 1.82) is 10.7 Å². The molecule has 1 saturated heterocycles. The summed E-state index contributed by atoms with van der Waals surface area (Å²) < 4.78 is 0. The molecule has 2 atom stereocenters. The first-order valence-corrected chi connectivity index (χ1v) is 9.90. The van der Waals surface area contributed by atoms with Crippen molar-refractivity contribution in [1.82, 2.24) is 9.88 Å². The molecule has 1 N–H and O–H groups in total. The number of amides is 1. The number of nitriles is 1. The molecular formula is C18H18N4OS2. The fourth-order valence-electron chi connectivity index (χ4n) is 3.16. The number of piperidine rings is 1. The second-order valence-corrected chi connectivity index (χ2v) is 8.18. The van der Waals surface area contributed by atoms with E-state index < -0.39 is 5.41 Å². The highest BCUT2D eigenvalue weighted by molar-refractivity contribution is 8.00. The van der Waals surface area contributed by atoms with E-state index in [-0.39, 0.29) is 11.2 Å². The Hall–Kier alpha value is -2.17. The van der Waals surface area contributed by atoms with Crippen LogP contribution in [0.1, 0.15) is 23.8 Å². The summed E-state index contributed by atoms with van der Waals surface area (Å²) in [6, 6.07) is 5.99. The van der Waals surface area contributed by atoms with Crippen LogP contribution in [0.25, 0.3) is 11.1 Å². The molecule has 0 spiro atoms. The summed E-state index contributed by atoms with van der Waals surface area (Å²) in [5, 5.41) is 19.0. The number of rotatable bonds is 3. The summed E-state index contributed by atoms with van der Waals surface area (Å²) in [6.45, 7) is 2.06. The molecule has 5 nitrogen and oxygen atoms in total. The number of carbonyl (C=O) groups excluding carboxylic acids is 1. The van der Waals surface area contributed by atoms with Crippen LogP contribution in [0.3, 0.4) is 0 Å². The van der Waals surface area contributed by atoms with Crippen LogP contribution in [0.4, 0.5) is 0 Å². The Balaban J connectivity index is 2.01. The molecule has 0 radical (unpaired) electrons. The molecule has 0 aliphatic carbocycles. The molecule has 3 rings (SSSR count). The number of thiophene rings is 1. The fraction of sp³-hybridized carbons (Fsp3) is 0.333. The third-order valence-corrected chi connectivity index (χ3v) is 7.07.